The molecule has 1 rings (SSSR count). The molecule has 0 fully saturated rings. The summed E-state index contributed by atoms with van der Waals surface area (Å²) in [6, 6.07) is 4.33. The number of carbonyl (C=O) groups excluding carboxylic acids is 2. The molecule has 0 saturated carbocycles. The maximum atomic E-state index is 12.9. The van der Waals surface area contributed by atoms with Crippen LogP contribution in [0.25, 0.3) is 0 Å². The maximum Gasteiger partial charge on any atom is 0.417 e. The van der Waals surface area contributed by atoms with Gasteiger partial charge in [-0.25, -0.2) is 4.79 Å². The fourth-order valence-electron chi connectivity index (χ4n) is 1.87. The molecule has 0 bridgehead atoms. The average Bonchev–Trinajstić information content (AvgIpc) is 2.59. The fraction of sp³-hybridized carbons (Fsp3) is 0.312. The van der Waals surface area contributed by atoms with Crippen LogP contribution in [-0.2, 0) is 15.7 Å². The second-order valence-electron chi connectivity index (χ2n) is 4.98. The molecule has 0 aliphatic carbocycles. The lowest BCUT2D eigenvalue weighted by molar-refractivity contribution is -0.137. The van der Waals surface area contributed by atoms with Crippen LogP contribution in [0, 0.1) is 11.3 Å². The van der Waals surface area contributed by atoms with Gasteiger partial charge < -0.3 is 15.8 Å². The van der Waals surface area contributed by atoms with Crippen molar-refractivity contribution >= 4 is 29.3 Å². The van der Waals surface area contributed by atoms with E-state index in [1.54, 1.807) is 13.0 Å². The van der Waals surface area contributed by atoms with Gasteiger partial charge in [0.2, 0.25) is 0 Å². The number of ether oxygens (including phenoxy) is 1. The first-order valence-electron chi connectivity index (χ1n) is 7.57. The molecule has 1 aromatic carbocycles. The quantitative estimate of drug-likeness (QED) is 0.559. The van der Waals surface area contributed by atoms with Crippen LogP contribution in [0.15, 0.2) is 30.0 Å². The number of nitriles is 1. The summed E-state index contributed by atoms with van der Waals surface area (Å²) in [6.07, 6.45) is -4.62. The van der Waals surface area contributed by atoms with E-state index in [1.165, 1.54) is 0 Å². The van der Waals surface area contributed by atoms with Crippen molar-refractivity contribution < 1.29 is 27.5 Å². The van der Waals surface area contributed by atoms with Crippen LogP contribution in [0.2, 0.25) is 5.02 Å². The number of nitrogens with one attached hydrogen (secondary N) is 1. The number of anilines is 1. The Hall–Kier alpha value is -2.77. The van der Waals surface area contributed by atoms with Crippen LogP contribution in [0.5, 0.6) is 0 Å². The summed E-state index contributed by atoms with van der Waals surface area (Å²) in [5.41, 5.74) is 3.48. The molecular weight excluding hydrogens is 389 g/mol. The third kappa shape index (κ3) is 6.47. The molecule has 3 N–H and O–H groups in total. The molecule has 0 atom stereocenters. The Bertz CT molecular complexity index is 775. The first kappa shape index (κ1) is 22.3. The molecule has 0 aliphatic rings. The topological polar surface area (TPSA) is 108 Å². The third-order valence-corrected chi connectivity index (χ3v) is 3.38. The van der Waals surface area contributed by atoms with Gasteiger partial charge in [-0.15, -0.1) is 0 Å². The summed E-state index contributed by atoms with van der Waals surface area (Å²) in [4.78, 5) is 24.9. The Balaban J connectivity index is 3.08. The number of alkyl halides is 3. The first-order valence-corrected chi connectivity index (χ1v) is 7.95. The molecule has 0 saturated heterocycles. The van der Waals surface area contributed by atoms with E-state index in [2.05, 4.69) is 5.32 Å². The van der Waals surface area contributed by atoms with Gasteiger partial charge in [0.15, 0.2) is 0 Å². The summed E-state index contributed by atoms with van der Waals surface area (Å²) in [6.45, 7) is 1.63. The highest BCUT2D eigenvalue weighted by molar-refractivity contribution is 6.31. The van der Waals surface area contributed by atoms with Gasteiger partial charge in [0, 0.05) is 25.0 Å². The van der Waals surface area contributed by atoms with Crippen molar-refractivity contribution in [3.05, 3.63) is 40.6 Å². The molecule has 11 heteroatoms. The second-order valence-corrected chi connectivity index (χ2v) is 5.39. The van der Waals surface area contributed by atoms with Crippen LogP contribution in [0.1, 0.15) is 12.5 Å². The van der Waals surface area contributed by atoms with Gasteiger partial charge in [-0.1, -0.05) is 11.6 Å². The predicted octanol–water partition coefficient (Wildman–Crippen LogP) is 3.12. The van der Waals surface area contributed by atoms with Crippen LogP contribution >= 0.6 is 11.6 Å². The lowest BCUT2D eigenvalue weighted by Gasteiger charge is -2.17. The highest BCUT2D eigenvalue weighted by Gasteiger charge is 2.33. The number of hydrogen-bond acceptors (Lipinski definition) is 5. The number of carbonyl (C=O) groups is 2. The molecule has 0 spiro atoms. The van der Waals surface area contributed by atoms with E-state index in [1.807, 2.05) is 0 Å². The monoisotopic (exact) mass is 404 g/mol. The minimum Gasteiger partial charge on any atom is -0.449 e. The predicted molar refractivity (Wildman–Crippen MR) is 91.6 cm³/mol. The van der Waals surface area contributed by atoms with Gasteiger partial charge in [0.1, 0.15) is 11.6 Å². The minimum absolute atomic E-state index is 0.0295. The van der Waals surface area contributed by atoms with E-state index < -0.39 is 34.3 Å². The summed E-state index contributed by atoms with van der Waals surface area (Å²) in [5.74, 6) is -1.01. The van der Waals surface area contributed by atoms with Crippen molar-refractivity contribution in [1.29, 1.82) is 5.26 Å². The van der Waals surface area contributed by atoms with E-state index >= 15 is 0 Å². The normalized spacial score (nSPS) is 11.5. The summed E-state index contributed by atoms with van der Waals surface area (Å²) in [7, 11) is 0. The molecule has 0 heterocycles. The zero-order chi connectivity index (χ0) is 20.6. The zero-order valence-electron chi connectivity index (χ0n) is 14.1. The van der Waals surface area contributed by atoms with E-state index in [9.17, 15) is 22.8 Å². The molecule has 146 valence electrons. The number of hydrogen-bond donors (Lipinski definition) is 2. The average molecular weight is 405 g/mol. The number of amides is 2. The number of nitrogens with two attached hydrogens (primary N) is 1. The highest BCUT2D eigenvalue weighted by Crippen LogP contribution is 2.36. The van der Waals surface area contributed by atoms with E-state index in [4.69, 9.17) is 27.3 Å². The van der Waals surface area contributed by atoms with Gasteiger partial charge in [-0.05, 0) is 25.1 Å². The van der Waals surface area contributed by atoms with Crippen LogP contribution < -0.4 is 11.1 Å². The van der Waals surface area contributed by atoms with E-state index in [0.29, 0.717) is 6.07 Å². The van der Waals surface area contributed by atoms with Crippen molar-refractivity contribution in [3.63, 3.8) is 0 Å². The molecule has 0 aromatic heterocycles. The Morgan fingerprint density at radius 3 is 2.63 bits per heavy atom. The number of nitrogens with zero attached hydrogens (tertiary/aromatic N) is 2. The van der Waals surface area contributed by atoms with Gasteiger partial charge in [0.25, 0.3) is 5.91 Å². The standard InChI is InChI=1S/C16H16ClF3N4O3/c1-2-27-15(26)24(6-5-21)9-10(8-22)14(25)23-11-3-4-13(17)12(7-11)16(18,19)20/h3-4,7,9H,2,5-6,21H2,1H3,(H,23,25)/b10-9-. The second kappa shape index (κ2) is 9.80. The van der Waals surface area contributed by atoms with Gasteiger partial charge in [-0.3, -0.25) is 9.69 Å². The molecule has 2 amide bonds. The molecular formula is C16H16ClF3N4O3. The maximum absolute atomic E-state index is 12.9. The lowest BCUT2D eigenvalue weighted by atomic mass is 10.2. The Morgan fingerprint density at radius 1 is 1.44 bits per heavy atom. The Morgan fingerprint density at radius 2 is 2.11 bits per heavy atom. The zero-order valence-corrected chi connectivity index (χ0v) is 14.9. The molecule has 7 nitrogen and oxygen atoms in total. The molecule has 1 aromatic rings. The van der Waals surface area contributed by atoms with Gasteiger partial charge >= 0.3 is 12.3 Å². The van der Waals surface area contributed by atoms with Gasteiger partial charge in [-0.2, -0.15) is 18.4 Å². The van der Waals surface area contributed by atoms with Crippen molar-refractivity contribution in [3.8, 4) is 6.07 Å². The van der Waals surface area contributed by atoms with Gasteiger partial charge in [0.05, 0.1) is 17.2 Å². The van der Waals surface area contributed by atoms with Crippen LogP contribution in [0.4, 0.5) is 23.7 Å². The van der Waals surface area contributed by atoms with Crippen LogP contribution in [0.3, 0.4) is 0 Å². The molecule has 27 heavy (non-hydrogen) atoms. The number of halogens is 4. The lowest BCUT2D eigenvalue weighted by Crippen LogP contribution is -2.32. The number of benzene rings is 1. The van der Waals surface area contributed by atoms with Crippen molar-refractivity contribution in [1.82, 2.24) is 4.90 Å². The summed E-state index contributed by atoms with van der Waals surface area (Å²) < 4.78 is 43.4. The Kier molecular flexibility index (Phi) is 8.08. The summed E-state index contributed by atoms with van der Waals surface area (Å²) >= 11 is 5.51. The van der Waals surface area contributed by atoms with E-state index in [0.717, 1.165) is 23.2 Å². The Labute approximate surface area is 158 Å². The minimum atomic E-state index is -4.71. The molecule has 0 radical (unpaired) electrons. The van der Waals surface area contributed by atoms with Crippen molar-refractivity contribution in [2.24, 2.45) is 5.73 Å². The van der Waals surface area contributed by atoms with E-state index in [-0.39, 0.29) is 25.4 Å². The largest absolute Gasteiger partial charge is 0.449 e. The fourth-order valence-corrected chi connectivity index (χ4v) is 2.09. The first-order chi connectivity index (χ1) is 12.6. The van der Waals surface area contributed by atoms with Crippen LogP contribution in [-0.4, -0.2) is 36.6 Å². The smallest absolute Gasteiger partial charge is 0.417 e. The van der Waals surface area contributed by atoms with Crippen molar-refractivity contribution in [2.45, 2.75) is 13.1 Å². The van der Waals surface area contributed by atoms with Crippen molar-refractivity contribution in [2.75, 3.05) is 25.0 Å². The molecule has 0 unspecified atom stereocenters. The number of rotatable bonds is 6. The SMILES string of the molecule is CCOC(=O)N(/C=C(/C#N)C(=O)Nc1ccc(Cl)c(C(F)(F)F)c1)CCN. The molecule has 0 aliphatic heterocycles. The summed E-state index contributed by atoms with van der Waals surface area (Å²) in [5, 5.41) is 10.8. The third-order valence-electron chi connectivity index (χ3n) is 3.05. The highest BCUT2D eigenvalue weighted by atomic mass is 35.5.